The molecule has 2 aliphatic rings. The average molecular weight is 364 g/mol. The SMILES string of the molecule is C=C1C(Br)C(Br)CON1C1(C#N)CCCCC1. The maximum absolute atomic E-state index is 9.52. The van der Waals surface area contributed by atoms with E-state index in [0.29, 0.717) is 6.61 Å². The van der Waals surface area contributed by atoms with Gasteiger partial charge in [-0.3, -0.25) is 4.84 Å². The van der Waals surface area contributed by atoms with E-state index in [1.807, 2.05) is 0 Å². The largest absolute Gasteiger partial charge is 0.271 e. The Morgan fingerprint density at radius 3 is 2.59 bits per heavy atom. The number of alkyl halides is 2. The number of nitriles is 1. The molecule has 0 bridgehead atoms. The van der Waals surface area contributed by atoms with E-state index in [9.17, 15) is 5.26 Å². The summed E-state index contributed by atoms with van der Waals surface area (Å²) < 4.78 is 0. The maximum atomic E-state index is 9.52. The van der Waals surface area contributed by atoms with Crippen molar-refractivity contribution in [1.82, 2.24) is 5.06 Å². The molecular formula is C12H16Br2N2O. The summed E-state index contributed by atoms with van der Waals surface area (Å²) in [5, 5.41) is 11.3. The van der Waals surface area contributed by atoms with Crippen LogP contribution >= 0.6 is 31.9 Å². The summed E-state index contributed by atoms with van der Waals surface area (Å²) in [4.78, 5) is 6.08. The molecule has 1 saturated carbocycles. The van der Waals surface area contributed by atoms with Crippen LogP contribution in [0.5, 0.6) is 0 Å². The Balaban J connectivity index is 2.20. The molecule has 17 heavy (non-hydrogen) atoms. The second-order valence-electron chi connectivity index (χ2n) is 4.70. The van der Waals surface area contributed by atoms with Crippen LogP contribution in [0.25, 0.3) is 0 Å². The van der Waals surface area contributed by atoms with Crippen LogP contribution in [0, 0.1) is 11.3 Å². The molecule has 0 aromatic heterocycles. The van der Waals surface area contributed by atoms with E-state index in [4.69, 9.17) is 4.84 Å². The quantitative estimate of drug-likeness (QED) is 0.669. The van der Waals surface area contributed by atoms with E-state index in [1.54, 1.807) is 5.06 Å². The average Bonchev–Trinajstić information content (AvgIpc) is 2.37. The van der Waals surface area contributed by atoms with Gasteiger partial charge in [-0.05, 0) is 25.7 Å². The minimum Gasteiger partial charge on any atom is -0.271 e. The van der Waals surface area contributed by atoms with Crippen LogP contribution in [0.15, 0.2) is 12.3 Å². The van der Waals surface area contributed by atoms with Crippen molar-refractivity contribution >= 4 is 31.9 Å². The third kappa shape index (κ3) is 2.40. The van der Waals surface area contributed by atoms with Gasteiger partial charge in [0.15, 0.2) is 5.54 Å². The van der Waals surface area contributed by atoms with Crippen LogP contribution in [0.3, 0.4) is 0 Å². The summed E-state index contributed by atoms with van der Waals surface area (Å²) in [5.74, 6) is 0. The minimum atomic E-state index is -0.505. The van der Waals surface area contributed by atoms with Crippen molar-refractivity contribution in [3.05, 3.63) is 12.3 Å². The fourth-order valence-electron chi connectivity index (χ4n) is 2.53. The van der Waals surface area contributed by atoms with Crippen LogP contribution in [-0.4, -0.2) is 26.9 Å². The first-order valence-corrected chi connectivity index (χ1v) is 7.75. The van der Waals surface area contributed by atoms with E-state index in [-0.39, 0.29) is 9.65 Å². The molecular weight excluding hydrogens is 348 g/mol. The zero-order chi connectivity index (χ0) is 12.5. The van der Waals surface area contributed by atoms with Crippen molar-refractivity contribution in [1.29, 1.82) is 5.26 Å². The minimum absolute atomic E-state index is 0.128. The molecule has 0 aromatic rings. The number of hydrogen-bond donors (Lipinski definition) is 0. The molecule has 5 heteroatoms. The molecule has 1 aliphatic heterocycles. The molecule has 0 N–H and O–H groups in total. The highest BCUT2D eigenvalue weighted by molar-refractivity contribution is 9.12. The Labute approximate surface area is 119 Å². The number of halogens is 2. The highest BCUT2D eigenvalue weighted by Gasteiger charge is 2.44. The first kappa shape index (κ1) is 13.4. The molecule has 1 aliphatic carbocycles. The predicted molar refractivity (Wildman–Crippen MR) is 73.8 cm³/mol. The molecule has 2 unspecified atom stereocenters. The Bertz CT molecular complexity index is 347. The normalized spacial score (nSPS) is 33.2. The van der Waals surface area contributed by atoms with Crippen molar-refractivity contribution in [2.24, 2.45) is 0 Å². The van der Waals surface area contributed by atoms with Gasteiger partial charge >= 0.3 is 0 Å². The van der Waals surface area contributed by atoms with Crippen molar-refractivity contribution < 1.29 is 4.84 Å². The van der Waals surface area contributed by atoms with Crippen LogP contribution in [0.2, 0.25) is 0 Å². The lowest BCUT2D eigenvalue weighted by Gasteiger charge is -2.46. The van der Waals surface area contributed by atoms with E-state index in [1.165, 1.54) is 6.42 Å². The van der Waals surface area contributed by atoms with Gasteiger partial charge in [0.1, 0.15) is 0 Å². The van der Waals surface area contributed by atoms with E-state index < -0.39 is 5.54 Å². The number of hydroxylamine groups is 2. The lowest BCUT2D eigenvalue weighted by Crippen LogP contribution is -2.54. The molecule has 2 fully saturated rings. The first-order chi connectivity index (χ1) is 8.10. The van der Waals surface area contributed by atoms with Gasteiger partial charge in [-0.15, -0.1) is 0 Å². The third-order valence-corrected chi connectivity index (χ3v) is 6.21. The number of nitrogens with zero attached hydrogens (tertiary/aromatic N) is 2. The molecule has 2 rings (SSSR count). The van der Waals surface area contributed by atoms with Crippen LogP contribution in [0.4, 0.5) is 0 Å². The standard InChI is InChI=1S/C12H16Br2N2O/c1-9-11(14)10(13)7-17-16(9)12(8-15)5-3-2-4-6-12/h10-11H,1-7H2. The molecule has 94 valence electrons. The molecule has 2 atom stereocenters. The zero-order valence-corrected chi connectivity index (χ0v) is 12.8. The second kappa shape index (κ2) is 5.29. The van der Waals surface area contributed by atoms with E-state index in [2.05, 4.69) is 44.5 Å². The lowest BCUT2D eigenvalue weighted by molar-refractivity contribution is -0.201. The lowest BCUT2D eigenvalue weighted by atomic mass is 9.82. The molecule has 3 nitrogen and oxygen atoms in total. The summed E-state index contributed by atoms with van der Waals surface area (Å²) in [6, 6.07) is 2.46. The van der Waals surface area contributed by atoms with Crippen LogP contribution in [-0.2, 0) is 4.84 Å². The van der Waals surface area contributed by atoms with Crippen molar-refractivity contribution in [2.45, 2.75) is 47.3 Å². The fourth-order valence-corrected chi connectivity index (χ4v) is 3.29. The van der Waals surface area contributed by atoms with Crippen molar-refractivity contribution in [3.8, 4) is 6.07 Å². The summed E-state index contributed by atoms with van der Waals surface area (Å²) in [7, 11) is 0. The van der Waals surface area contributed by atoms with Crippen LogP contribution in [0.1, 0.15) is 32.1 Å². The Kier molecular flexibility index (Phi) is 4.17. The maximum Gasteiger partial charge on any atom is 0.153 e. The molecule has 1 heterocycles. The summed E-state index contributed by atoms with van der Waals surface area (Å²) in [6.45, 7) is 4.64. The third-order valence-electron chi connectivity index (χ3n) is 3.54. The number of hydrogen-bond acceptors (Lipinski definition) is 3. The molecule has 0 spiro atoms. The van der Waals surface area contributed by atoms with Gasteiger partial charge in [-0.25, -0.2) is 5.06 Å². The van der Waals surface area contributed by atoms with Gasteiger partial charge in [0.2, 0.25) is 0 Å². The van der Waals surface area contributed by atoms with E-state index in [0.717, 1.165) is 31.4 Å². The first-order valence-electron chi connectivity index (χ1n) is 5.92. The smallest absolute Gasteiger partial charge is 0.153 e. The number of rotatable bonds is 1. The molecule has 0 aromatic carbocycles. The predicted octanol–water partition coefficient (Wildman–Crippen LogP) is 3.50. The fraction of sp³-hybridized carbons (Fsp3) is 0.750. The van der Waals surface area contributed by atoms with E-state index >= 15 is 0 Å². The zero-order valence-electron chi connectivity index (χ0n) is 9.66. The Hall–Kier alpha value is -0.0500. The van der Waals surface area contributed by atoms with Gasteiger partial charge in [0.25, 0.3) is 0 Å². The Morgan fingerprint density at radius 1 is 1.35 bits per heavy atom. The van der Waals surface area contributed by atoms with Gasteiger partial charge < -0.3 is 0 Å². The molecule has 1 saturated heterocycles. The second-order valence-corrected chi connectivity index (χ2v) is 6.87. The number of allylic oxidation sites excluding steroid dienone is 1. The molecule has 0 radical (unpaired) electrons. The topological polar surface area (TPSA) is 36.3 Å². The highest BCUT2D eigenvalue weighted by atomic mass is 79.9. The summed E-state index contributed by atoms with van der Waals surface area (Å²) in [6.07, 6.45) is 5.13. The van der Waals surface area contributed by atoms with Crippen LogP contribution < -0.4 is 0 Å². The Morgan fingerprint density at radius 2 is 2.00 bits per heavy atom. The van der Waals surface area contributed by atoms with Crippen molar-refractivity contribution in [2.75, 3.05) is 6.61 Å². The van der Waals surface area contributed by atoms with Crippen molar-refractivity contribution in [3.63, 3.8) is 0 Å². The van der Waals surface area contributed by atoms with Gasteiger partial charge in [-0.1, -0.05) is 44.9 Å². The molecule has 0 amide bonds. The van der Waals surface area contributed by atoms with Gasteiger partial charge in [0.05, 0.1) is 28.0 Å². The monoisotopic (exact) mass is 362 g/mol. The van der Waals surface area contributed by atoms with Gasteiger partial charge in [-0.2, -0.15) is 5.26 Å². The summed E-state index contributed by atoms with van der Waals surface area (Å²) in [5.41, 5.74) is 0.343. The highest BCUT2D eigenvalue weighted by Crippen LogP contribution is 2.40. The van der Waals surface area contributed by atoms with Gasteiger partial charge in [0, 0.05) is 0 Å². The summed E-state index contributed by atoms with van der Waals surface area (Å²) >= 11 is 7.14.